The molecule has 2 heterocycles. The summed E-state index contributed by atoms with van der Waals surface area (Å²) < 4.78 is 50.9. The fourth-order valence-electron chi connectivity index (χ4n) is 4.29. The van der Waals surface area contributed by atoms with Gasteiger partial charge in [-0.05, 0) is 37.1 Å². The van der Waals surface area contributed by atoms with Crippen molar-refractivity contribution in [2.45, 2.75) is 31.7 Å². The number of hydrogen-bond donors (Lipinski definition) is 1. The van der Waals surface area contributed by atoms with Crippen LogP contribution in [0.15, 0.2) is 48.5 Å². The number of anilines is 1. The molecule has 0 amide bonds. The number of esters is 1. The quantitative estimate of drug-likeness (QED) is 0.720. The van der Waals surface area contributed by atoms with E-state index in [9.17, 15) is 18.0 Å². The molecule has 2 aromatic carbocycles. The molecular formula is C22H22F3NO3. The highest BCUT2D eigenvalue weighted by Crippen LogP contribution is 2.51. The molecule has 2 aromatic rings. The van der Waals surface area contributed by atoms with Gasteiger partial charge in [-0.25, -0.2) is 0 Å². The lowest BCUT2D eigenvalue weighted by Crippen LogP contribution is -2.41. The zero-order valence-electron chi connectivity index (χ0n) is 15.9. The minimum atomic E-state index is -4.43. The Hall–Kier alpha value is -2.54. The standard InChI is InChI=1S/C22H22F3NO3/c1-2-28-21(27)14-10-17-19(13-6-4-3-5-7-13)26-18-9-8-15(22(23,24)25)11-16(18)20(17)29-12-14/h3-9,11,14,17,19-20,26H,2,10,12H2,1H3. The van der Waals surface area contributed by atoms with Gasteiger partial charge in [0.2, 0.25) is 0 Å². The number of rotatable bonds is 3. The molecule has 2 aliphatic rings. The molecule has 4 atom stereocenters. The number of ether oxygens (including phenoxy) is 2. The molecule has 4 nitrogen and oxygen atoms in total. The molecule has 0 aromatic heterocycles. The average molecular weight is 405 g/mol. The molecule has 1 saturated heterocycles. The van der Waals surface area contributed by atoms with E-state index in [0.717, 1.165) is 17.7 Å². The van der Waals surface area contributed by atoms with E-state index in [2.05, 4.69) is 5.32 Å². The number of carbonyl (C=O) groups excluding carboxylic acids is 1. The van der Waals surface area contributed by atoms with Crippen LogP contribution in [0.4, 0.5) is 18.9 Å². The summed E-state index contributed by atoms with van der Waals surface area (Å²) in [6.07, 6.45) is -4.47. The number of halogens is 3. The van der Waals surface area contributed by atoms with Gasteiger partial charge in [0.05, 0.1) is 36.8 Å². The zero-order valence-corrected chi connectivity index (χ0v) is 15.9. The predicted octanol–water partition coefficient (Wildman–Crippen LogP) is 5.13. The van der Waals surface area contributed by atoms with E-state index in [-0.39, 0.29) is 31.1 Å². The Morgan fingerprint density at radius 2 is 1.97 bits per heavy atom. The van der Waals surface area contributed by atoms with Crippen molar-refractivity contribution in [3.05, 3.63) is 65.2 Å². The van der Waals surface area contributed by atoms with Crippen LogP contribution >= 0.6 is 0 Å². The summed E-state index contributed by atoms with van der Waals surface area (Å²) in [7, 11) is 0. The second kappa shape index (κ2) is 7.71. The molecular weight excluding hydrogens is 383 g/mol. The Morgan fingerprint density at radius 1 is 1.21 bits per heavy atom. The maximum atomic E-state index is 13.3. The van der Waals surface area contributed by atoms with Crippen molar-refractivity contribution in [1.29, 1.82) is 0 Å². The maximum Gasteiger partial charge on any atom is 0.416 e. The lowest BCUT2D eigenvalue weighted by Gasteiger charge is -2.45. The minimum Gasteiger partial charge on any atom is -0.466 e. The molecule has 0 saturated carbocycles. The molecule has 2 aliphatic heterocycles. The highest BCUT2D eigenvalue weighted by Gasteiger charge is 2.45. The van der Waals surface area contributed by atoms with Crippen LogP contribution in [0.25, 0.3) is 0 Å². The van der Waals surface area contributed by atoms with Crippen LogP contribution in [0, 0.1) is 11.8 Å². The molecule has 0 spiro atoms. The number of hydrogen-bond acceptors (Lipinski definition) is 4. The van der Waals surface area contributed by atoms with E-state index in [1.165, 1.54) is 6.07 Å². The van der Waals surface area contributed by atoms with Crippen molar-refractivity contribution in [3.8, 4) is 0 Å². The fraction of sp³-hybridized carbons (Fsp3) is 0.409. The van der Waals surface area contributed by atoms with Gasteiger partial charge in [-0.1, -0.05) is 30.3 Å². The lowest BCUT2D eigenvalue weighted by atomic mass is 9.74. The van der Waals surface area contributed by atoms with E-state index in [0.29, 0.717) is 17.7 Å². The molecule has 1 fully saturated rings. The average Bonchev–Trinajstić information content (AvgIpc) is 2.72. The van der Waals surface area contributed by atoms with Gasteiger partial charge in [0.25, 0.3) is 0 Å². The van der Waals surface area contributed by atoms with E-state index in [1.807, 2.05) is 30.3 Å². The molecule has 0 aliphatic carbocycles. The smallest absolute Gasteiger partial charge is 0.416 e. The monoisotopic (exact) mass is 405 g/mol. The fourth-order valence-corrected chi connectivity index (χ4v) is 4.29. The maximum absolute atomic E-state index is 13.3. The van der Waals surface area contributed by atoms with E-state index < -0.39 is 23.8 Å². The summed E-state index contributed by atoms with van der Waals surface area (Å²) in [6, 6.07) is 13.2. The second-order valence-electron chi connectivity index (χ2n) is 7.43. The van der Waals surface area contributed by atoms with Gasteiger partial charge in [0, 0.05) is 17.2 Å². The van der Waals surface area contributed by atoms with Crippen molar-refractivity contribution in [2.24, 2.45) is 11.8 Å². The van der Waals surface area contributed by atoms with Crippen LogP contribution in [0.3, 0.4) is 0 Å². The van der Waals surface area contributed by atoms with Gasteiger partial charge in [0.1, 0.15) is 0 Å². The number of benzene rings is 2. The van der Waals surface area contributed by atoms with Gasteiger partial charge in [-0.15, -0.1) is 0 Å². The first-order valence-electron chi connectivity index (χ1n) is 9.69. The third-order valence-corrected chi connectivity index (χ3v) is 5.63. The second-order valence-corrected chi connectivity index (χ2v) is 7.43. The van der Waals surface area contributed by atoms with Crippen LogP contribution < -0.4 is 5.32 Å². The molecule has 0 radical (unpaired) electrons. The van der Waals surface area contributed by atoms with Crippen molar-refractivity contribution < 1.29 is 27.4 Å². The SMILES string of the molecule is CCOC(=O)C1COC2c3cc(C(F)(F)F)ccc3NC(c3ccccc3)C2C1. The highest BCUT2D eigenvalue weighted by molar-refractivity contribution is 5.73. The van der Waals surface area contributed by atoms with Crippen molar-refractivity contribution in [1.82, 2.24) is 0 Å². The van der Waals surface area contributed by atoms with Crippen LogP contribution in [0.2, 0.25) is 0 Å². The van der Waals surface area contributed by atoms with Crippen LogP contribution in [-0.4, -0.2) is 19.2 Å². The van der Waals surface area contributed by atoms with Gasteiger partial charge in [-0.3, -0.25) is 4.79 Å². The molecule has 4 rings (SSSR count). The lowest BCUT2D eigenvalue weighted by molar-refractivity contribution is -0.159. The van der Waals surface area contributed by atoms with Crippen LogP contribution in [-0.2, 0) is 20.4 Å². The van der Waals surface area contributed by atoms with E-state index in [1.54, 1.807) is 6.92 Å². The molecule has 4 unspecified atom stereocenters. The first-order valence-corrected chi connectivity index (χ1v) is 9.69. The summed E-state index contributed by atoms with van der Waals surface area (Å²) >= 11 is 0. The molecule has 29 heavy (non-hydrogen) atoms. The van der Waals surface area contributed by atoms with E-state index in [4.69, 9.17) is 9.47 Å². The minimum absolute atomic E-state index is 0.136. The summed E-state index contributed by atoms with van der Waals surface area (Å²) in [4.78, 5) is 12.3. The van der Waals surface area contributed by atoms with Crippen LogP contribution in [0.5, 0.6) is 0 Å². The molecule has 1 N–H and O–H groups in total. The topological polar surface area (TPSA) is 47.6 Å². The van der Waals surface area contributed by atoms with Gasteiger partial charge in [0.15, 0.2) is 0 Å². The van der Waals surface area contributed by atoms with Gasteiger partial charge < -0.3 is 14.8 Å². The Labute approximate surface area is 167 Å². The Balaban J connectivity index is 1.73. The van der Waals surface area contributed by atoms with Gasteiger partial charge >= 0.3 is 12.1 Å². The molecule has 154 valence electrons. The van der Waals surface area contributed by atoms with Crippen molar-refractivity contribution in [3.63, 3.8) is 0 Å². The zero-order chi connectivity index (χ0) is 20.6. The number of nitrogens with one attached hydrogen (secondary N) is 1. The Bertz CT molecular complexity index is 885. The predicted molar refractivity (Wildman–Crippen MR) is 101 cm³/mol. The van der Waals surface area contributed by atoms with E-state index >= 15 is 0 Å². The normalized spacial score (nSPS) is 26.1. The summed E-state index contributed by atoms with van der Waals surface area (Å²) in [5, 5.41) is 3.38. The summed E-state index contributed by atoms with van der Waals surface area (Å²) in [6.45, 7) is 2.16. The first-order chi connectivity index (χ1) is 13.9. The third-order valence-electron chi connectivity index (χ3n) is 5.63. The highest BCUT2D eigenvalue weighted by atomic mass is 19.4. The van der Waals surface area contributed by atoms with Crippen LogP contribution in [0.1, 0.15) is 42.2 Å². The van der Waals surface area contributed by atoms with Crippen molar-refractivity contribution in [2.75, 3.05) is 18.5 Å². The summed E-state index contributed by atoms with van der Waals surface area (Å²) in [5.41, 5.74) is 1.41. The third kappa shape index (κ3) is 3.83. The van der Waals surface area contributed by atoms with Gasteiger partial charge in [-0.2, -0.15) is 13.2 Å². The molecule has 0 bridgehead atoms. The number of fused-ring (bicyclic) bond motifs is 3. The largest absolute Gasteiger partial charge is 0.466 e. The first kappa shape index (κ1) is 19.8. The summed E-state index contributed by atoms with van der Waals surface area (Å²) in [5.74, 6) is -0.958. The Morgan fingerprint density at radius 3 is 2.66 bits per heavy atom. The Kier molecular flexibility index (Phi) is 5.25. The van der Waals surface area contributed by atoms with Crippen molar-refractivity contribution >= 4 is 11.7 Å². The number of carbonyl (C=O) groups is 1. The number of alkyl halides is 3. The molecule has 7 heteroatoms.